The van der Waals surface area contributed by atoms with Crippen molar-refractivity contribution in [2.24, 2.45) is 0 Å². The van der Waals surface area contributed by atoms with E-state index in [0.717, 1.165) is 11.3 Å². The van der Waals surface area contributed by atoms with Gasteiger partial charge in [-0.1, -0.05) is 12.1 Å². The number of aromatic hydroxyl groups is 1. The first kappa shape index (κ1) is 18.7. The minimum absolute atomic E-state index is 0.0826. The molecule has 0 fully saturated rings. The van der Waals surface area contributed by atoms with Crippen molar-refractivity contribution in [3.8, 4) is 16.2 Å². The monoisotopic (exact) mass is 391 g/mol. The summed E-state index contributed by atoms with van der Waals surface area (Å²) in [4.78, 5) is 24.3. The summed E-state index contributed by atoms with van der Waals surface area (Å²) in [5.41, 5.74) is 0.517. The predicted octanol–water partition coefficient (Wildman–Crippen LogP) is 4.73. The van der Waals surface area contributed by atoms with E-state index in [0.29, 0.717) is 22.2 Å². The number of anilines is 1. The number of hydrogen-bond acceptors (Lipinski definition) is 4. The SMILES string of the molecule is CC(=O)Nc1cccc(-c2ccc(C(=O)c3cc(F)c(F)c(O)c3F)s2)c1. The Morgan fingerprint density at radius 1 is 1.04 bits per heavy atom. The average Bonchev–Trinajstić information content (AvgIpc) is 3.12. The second-order valence-corrected chi connectivity index (χ2v) is 6.72. The standard InChI is InChI=1S/C19H12F3NO3S/c1-9(24)23-11-4-2-3-10(7-11)14-5-6-15(27-14)18(25)12-8-13(20)17(22)19(26)16(12)21/h2-8,26H,1H3,(H,23,24). The summed E-state index contributed by atoms with van der Waals surface area (Å²) in [6.45, 7) is 1.38. The molecule has 0 unspecified atom stereocenters. The van der Waals surface area contributed by atoms with Crippen LogP contribution in [0.5, 0.6) is 5.75 Å². The Bertz CT molecular complexity index is 1060. The van der Waals surface area contributed by atoms with Crippen LogP contribution in [0.4, 0.5) is 18.9 Å². The molecular formula is C19H12F3NO3S. The smallest absolute Gasteiger partial charge is 0.221 e. The van der Waals surface area contributed by atoms with E-state index in [-0.39, 0.29) is 10.8 Å². The molecule has 3 aromatic rings. The lowest BCUT2D eigenvalue weighted by atomic mass is 10.1. The highest BCUT2D eigenvalue weighted by Crippen LogP contribution is 2.33. The van der Waals surface area contributed by atoms with Gasteiger partial charge in [0.25, 0.3) is 0 Å². The van der Waals surface area contributed by atoms with Crippen molar-refractivity contribution < 1.29 is 27.9 Å². The third kappa shape index (κ3) is 3.70. The highest BCUT2D eigenvalue weighted by Gasteiger charge is 2.24. The van der Waals surface area contributed by atoms with Crippen molar-refractivity contribution in [2.75, 3.05) is 5.32 Å². The normalized spacial score (nSPS) is 10.7. The van der Waals surface area contributed by atoms with Gasteiger partial charge in [-0.3, -0.25) is 9.59 Å². The molecule has 0 bridgehead atoms. The maximum absolute atomic E-state index is 14.0. The second kappa shape index (κ2) is 7.24. The van der Waals surface area contributed by atoms with E-state index in [1.165, 1.54) is 13.0 Å². The van der Waals surface area contributed by atoms with Gasteiger partial charge in [0, 0.05) is 17.5 Å². The maximum Gasteiger partial charge on any atom is 0.221 e. The molecule has 27 heavy (non-hydrogen) atoms. The number of carbonyl (C=O) groups is 2. The van der Waals surface area contributed by atoms with Crippen molar-refractivity contribution in [1.82, 2.24) is 0 Å². The van der Waals surface area contributed by atoms with Crippen molar-refractivity contribution in [1.29, 1.82) is 0 Å². The number of nitrogens with one attached hydrogen (secondary N) is 1. The Morgan fingerprint density at radius 3 is 2.48 bits per heavy atom. The first-order valence-electron chi connectivity index (χ1n) is 7.67. The zero-order valence-corrected chi connectivity index (χ0v) is 14.7. The molecule has 1 heterocycles. The van der Waals surface area contributed by atoms with Crippen LogP contribution in [-0.2, 0) is 4.79 Å². The summed E-state index contributed by atoms with van der Waals surface area (Å²) in [7, 11) is 0. The summed E-state index contributed by atoms with van der Waals surface area (Å²) in [5, 5.41) is 11.9. The van der Waals surface area contributed by atoms with Gasteiger partial charge < -0.3 is 10.4 Å². The minimum atomic E-state index is -1.74. The summed E-state index contributed by atoms with van der Waals surface area (Å²) >= 11 is 1.01. The number of phenolic OH excluding ortho intramolecular Hbond substituents is 1. The van der Waals surface area contributed by atoms with E-state index >= 15 is 0 Å². The Balaban J connectivity index is 1.95. The van der Waals surface area contributed by atoms with Crippen LogP contribution in [-0.4, -0.2) is 16.8 Å². The van der Waals surface area contributed by atoms with Crippen molar-refractivity contribution in [3.05, 3.63) is 70.4 Å². The summed E-state index contributed by atoms with van der Waals surface area (Å²) in [6, 6.07) is 10.3. The average molecular weight is 391 g/mol. The number of phenols is 1. The van der Waals surface area contributed by atoms with Crippen LogP contribution in [0.2, 0.25) is 0 Å². The number of carbonyl (C=O) groups excluding carboxylic acids is 2. The Hall–Kier alpha value is -3.13. The number of thiophene rings is 1. The molecule has 0 aliphatic heterocycles. The molecule has 0 aliphatic carbocycles. The minimum Gasteiger partial charge on any atom is -0.503 e. The van der Waals surface area contributed by atoms with Gasteiger partial charge in [-0.2, -0.15) is 4.39 Å². The molecule has 8 heteroatoms. The lowest BCUT2D eigenvalue weighted by Gasteiger charge is -2.05. The lowest BCUT2D eigenvalue weighted by molar-refractivity contribution is -0.114. The van der Waals surface area contributed by atoms with Crippen molar-refractivity contribution in [2.45, 2.75) is 6.92 Å². The zero-order chi connectivity index (χ0) is 19.7. The number of rotatable bonds is 4. The molecule has 4 nitrogen and oxygen atoms in total. The number of hydrogen-bond donors (Lipinski definition) is 2. The van der Waals surface area contributed by atoms with E-state index in [9.17, 15) is 27.9 Å². The molecule has 2 N–H and O–H groups in total. The Morgan fingerprint density at radius 2 is 1.78 bits per heavy atom. The zero-order valence-electron chi connectivity index (χ0n) is 13.8. The fourth-order valence-electron chi connectivity index (χ4n) is 2.46. The summed E-state index contributed by atoms with van der Waals surface area (Å²) in [5.74, 6) is -7.42. The molecule has 138 valence electrons. The molecule has 0 saturated carbocycles. The Labute approximate surface area is 155 Å². The maximum atomic E-state index is 14.0. The second-order valence-electron chi connectivity index (χ2n) is 5.64. The van der Waals surface area contributed by atoms with Crippen molar-refractivity contribution in [3.63, 3.8) is 0 Å². The fourth-order valence-corrected chi connectivity index (χ4v) is 3.41. The number of ketones is 1. The third-order valence-electron chi connectivity index (χ3n) is 3.67. The van der Waals surface area contributed by atoms with Gasteiger partial charge in [-0.15, -0.1) is 11.3 Å². The first-order chi connectivity index (χ1) is 12.8. The molecule has 3 rings (SSSR count). The van der Waals surface area contributed by atoms with Crippen LogP contribution in [0.3, 0.4) is 0 Å². The van der Waals surface area contributed by atoms with Crippen LogP contribution in [0.25, 0.3) is 10.4 Å². The molecule has 1 aromatic heterocycles. The molecule has 0 atom stereocenters. The molecule has 1 amide bonds. The van der Waals surface area contributed by atoms with Gasteiger partial charge in [0.05, 0.1) is 10.4 Å². The predicted molar refractivity (Wildman–Crippen MR) is 95.5 cm³/mol. The van der Waals surface area contributed by atoms with Crippen LogP contribution < -0.4 is 5.32 Å². The van der Waals surface area contributed by atoms with Gasteiger partial charge in [-0.05, 0) is 35.9 Å². The summed E-state index contributed by atoms with van der Waals surface area (Å²) < 4.78 is 40.6. The van der Waals surface area contributed by atoms with Crippen LogP contribution in [0.15, 0.2) is 42.5 Å². The van der Waals surface area contributed by atoms with E-state index in [1.807, 2.05) is 0 Å². The molecular weight excluding hydrogens is 379 g/mol. The van der Waals surface area contributed by atoms with Gasteiger partial charge in [0.15, 0.2) is 17.4 Å². The lowest BCUT2D eigenvalue weighted by Crippen LogP contribution is -2.05. The molecule has 0 radical (unpaired) electrons. The van der Waals surface area contributed by atoms with E-state index in [1.54, 1.807) is 30.3 Å². The summed E-state index contributed by atoms with van der Waals surface area (Å²) in [6.07, 6.45) is 0. The highest BCUT2D eigenvalue weighted by atomic mass is 32.1. The molecule has 2 aromatic carbocycles. The third-order valence-corrected chi connectivity index (χ3v) is 4.81. The number of amides is 1. The van der Waals surface area contributed by atoms with Crippen LogP contribution in [0.1, 0.15) is 22.2 Å². The quantitative estimate of drug-likeness (QED) is 0.499. The van der Waals surface area contributed by atoms with Crippen molar-refractivity contribution >= 4 is 28.7 Å². The number of halogens is 3. The number of benzene rings is 2. The first-order valence-corrected chi connectivity index (χ1v) is 8.48. The highest BCUT2D eigenvalue weighted by molar-refractivity contribution is 7.17. The topological polar surface area (TPSA) is 66.4 Å². The van der Waals surface area contributed by atoms with Gasteiger partial charge >= 0.3 is 0 Å². The van der Waals surface area contributed by atoms with Gasteiger partial charge in [0.1, 0.15) is 0 Å². The van der Waals surface area contributed by atoms with Crippen LogP contribution >= 0.6 is 11.3 Å². The van der Waals surface area contributed by atoms with E-state index < -0.39 is 34.5 Å². The molecule has 0 saturated heterocycles. The Kier molecular flexibility index (Phi) is 5.00. The van der Waals surface area contributed by atoms with E-state index in [2.05, 4.69) is 5.32 Å². The molecule has 0 aliphatic rings. The van der Waals surface area contributed by atoms with Gasteiger partial charge in [0.2, 0.25) is 17.5 Å². The van der Waals surface area contributed by atoms with Gasteiger partial charge in [-0.25, -0.2) is 8.78 Å². The molecule has 0 spiro atoms. The largest absolute Gasteiger partial charge is 0.503 e. The fraction of sp³-hybridized carbons (Fsp3) is 0.0526. The van der Waals surface area contributed by atoms with Crippen LogP contribution in [0, 0.1) is 17.5 Å². The van der Waals surface area contributed by atoms with E-state index in [4.69, 9.17) is 0 Å².